The number of aliphatic carboxylic acids is 1. The Kier molecular flexibility index (Phi) is 3.94. The van der Waals surface area contributed by atoms with Gasteiger partial charge in [-0.3, -0.25) is 9.59 Å². The average molecular weight is 301 g/mol. The van der Waals surface area contributed by atoms with Crippen molar-refractivity contribution in [3.8, 4) is 0 Å². The van der Waals surface area contributed by atoms with Crippen LogP contribution in [-0.4, -0.2) is 35.0 Å². The highest BCUT2D eigenvalue weighted by molar-refractivity contribution is 5.87. The zero-order valence-corrected chi connectivity index (χ0v) is 13.0. The summed E-state index contributed by atoms with van der Waals surface area (Å²) >= 11 is 0. The van der Waals surface area contributed by atoms with Crippen LogP contribution in [0.2, 0.25) is 0 Å². The van der Waals surface area contributed by atoms with E-state index in [1.165, 1.54) is 16.0 Å². The third kappa shape index (κ3) is 2.51. The first-order valence-electron chi connectivity index (χ1n) is 8.17. The van der Waals surface area contributed by atoms with Crippen molar-refractivity contribution in [1.29, 1.82) is 0 Å². The smallest absolute Gasteiger partial charge is 0.323 e. The molecule has 1 N–H and O–H groups in total. The van der Waals surface area contributed by atoms with Crippen molar-refractivity contribution in [2.24, 2.45) is 5.92 Å². The Morgan fingerprint density at radius 3 is 2.86 bits per heavy atom. The highest BCUT2D eigenvalue weighted by Crippen LogP contribution is 2.60. The second-order valence-electron chi connectivity index (χ2n) is 6.58. The van der Waals surface area contributed by atoms with Crippen LogP contribution in [0.15, 0.2) is 24.3 Å². The molecule has 1 aromatic rings. The molecule has 2 unspecified atom stereocenters. The first kappa shape index (κ1) is 15.1. The maximum atomic E-state index is 12.8. The number of carboxylic acid groups (broad SMARTS) is 1. The van der Waals surface area contributed by atoms with Crippen LogP contribution in [0.25, 0.3) is 0 Å². The Hall–Kier alpha value is -1.84. The van der Waals surface area contributed by atoms with Gasteiger partial charge in [0.05, 0.1) is 0 Å². The molecule has 4 heteroatoms. The quantitative estimate of drug-likeness (QED) is 0.909. The highest BCUT2D eigenvalue weighted by Gasteiger charge is 2.60. The van der Waals surface area contributed by atoms with Crippen LogP contribution in [-0.2, 0) is 21.4 Å². The van der Waals surface area contributed by atoms with Gasteiger partial charge >= 0.3 is 5.97 Å². The molecule has 2 aliphatic rings. The lowest BCUT2D eigenvalue weighted by Crippen LogP contribution is -2.39. The molecule has 1 spiro atoms. The van der Waals surface area contributed by atoms with Crippen molar-refractivity contribution < 1.29 is 14.7 Å². The molecule has 1 saturated carbocycles. The predicted molar refractivity (Wildman–Crippen MR) is 83.7 cm³/mol. The summed E-state index contributed by atoms with van der Waals surface area (Å²) in [6.07, 6.45) is 4.92. The Bertz CT molecular complexity index is 598. The van der Waals surface area contributed by atoms with Gasteiger partial charge in [-0.15, -0.1) is 0 Å². The summed E-state index contributed by atoms with van der Waals surface area (Å²) in [5.74, 6) is -0.929. The molecular weight excluding hydrogens is 278 g/mol. The van der Waals surface area contributed by atoms with Crippen LogP contribution in [0.3, 0.4) is 0 Å². The number of benzene rings is 1. The normalized spacial score (nSPS) is 25.6. The van der Waals surface area contributed by atoms with E-state index in [4.69, 9.17) is 5.11 Å². The second kappa shape index (κ2) is 5.75. The first-order chi connectivity index (χ1) is 10.6. The van der Waals surface area contributed by atoms with Gasteiger partial charge in [0, 0.05) is 17.9 Å². The van der Waals surface area contributed by atoms with E-state index in [9.17, 15) is 9.59 Å². The Morgan fingerprint density at radius 1 is 1.36 bits per heavy atom. The van der Waals surface area contributed by atoms with Gasteiger partial charge in [0.15, 0.2) is 0 Å². The largest absolute Gasteiger partial charge is 0.480 e. The number of hydrogen-bond donors (Lipinski definition) is 1. The molecule has 0 aliphatic heterocycles. The second-order valence-corrected chi connectivity index (χ2v) is 6.58. The minimum Gasteiger partial charge on any atom is -0.480 e. The SMILES string of the molecule is CCCN(CC(=O)O)C(=O)C1CC12CCCc1ccccc12. The Labute approximate surface area is 131 Å². The van der Waals surface area contributed by atoms with Gasteiger partial charge in [-0.1, -0.05) is 31.2 Å². The van der Waals surface area contributed by atoms with Gasteiger partial charge in [0.1, 0.15) is 6.54 Å². The first-order valence-corrected chi connectivity index (χ1v) is 8.17. The minimum atomic E-state index is -0.930. The lowest BCUT2D eigenvalue weighted by molar-refractivity contribution is -0.145. The number of aryl methyl sites for hydroxylation is 1. The number of amides is 1. The number of carbonyl (C=O) groups is 2. The van der Waals surface area contributed by atoms with E-state index in [0.717, 1.165) is 32.1 Å². The maximum Gasteiger partial charge on any atom is 0.323 e. The fourth-order valence-corrected chi connectivity index (χ4v) is 4.08. The van der Waals surface area contributed by atoms with Crippen LogP contribution in [0.5, 0.6) is 0 Å². The third-order valence-electron chi connectivity index (χ3n) is 5.13. The molecule has 2 atom stereocenters. The van der Waals surface area contributed by atoms with Gasteiger partial charge in [-0.2, -0.15) is 0 Å². The molecule has 1 aromatic carbocycles. The van der Waals surface area contributed by atoms with Crippen LogP contribution in [0.1, 0.15) is 43.7 Å². The molecule has 2 aliphatic carbocycles. The Morgan fingerprint density at radius 2 is 2.14 bits per heavy atom. The maximum absolute atomic E-state index is 12.8. The molecule has 22 heavy (non-hydrogen) atoms. The van der Waals surface area contributed by atoms with Gasteiger partial charge in [0.2, 0.25) is 5.91 Å². The van der Waals surface area contributed by atoms with Gasteiger partial charge < -0.3 is 10.0 Å². The van der Waals surface area contributed by atoms with E-state index >= 15 is 0 Å². The molecule has 1 fully saturated rings. The predicted octanol–water partition coefficient (Wildman–Crippen LogP) is 2.60. The fraction of sp³-hybridized carbons (Fsp3) is 0.556. The van der Waals surface area contributed by atoms with E-state index in [-0.39, 0.29) is 23.8 Å². The van der Waals surface area contributed by atoms with Gasteiger partial charge in [-0.25, -0.2) is 0 Å². The molecule has 0 aromatic heterocycles. The van der Waals surface area contributed by atoms with Crippen molar-refractivity contribution in [1.82, 2.24) is 4.90 Å². The zero-order chi connectivity index (χ0) is 15.7. The van der Waals surface area contributed by atoms with E-state index in [0.29, 0.717) is 6.54 Å². The molecule has 0 bridgehead atoms. The molecule has 0 saturated heterocycles. The number of carbonyl (C=O) groups excluding carboxylic acids is 1. The monoisotopic (exact) mass is 301 g/mol. The van der Waals surface area contributed by atoms with E-state index in [2.05, 4.69) is 18.2 Å². The van der Waals surface area contributed by atoms with Crippen molar-refractivity contribution in [2.75, 3.05) is 13.1 Å². The average Bonchev–Trinajstić information content (AvgIpc) is 3.21. The van der Waals surface area contributed by atoms with Gasteiger partial charge in [0.25, 0.3) is 0 Å². The molecule has 0 heterocycles. The van der Waals surface area contributed by atoms with E-state index in [1.807, 2.05) is 13.0 Å². The van der Waals surface area contributed by atoms with Crippen LogP contribution in [0, 0.1) is 5.92 Å². The number of fused-ring (bicyclic) bond motifs is 2. The molecule has 0 radical (unpaired) electrons. The molecule has 118 valence electrons. The van der Waals surface area contributed by atoms with Crippen molar-refractivity contribution in [3.63, 3.8) is 0 Å². The minimum absolute atomic E-state index is 0.0174. The summed E-state index contributed by atoms with van der Waals surface area (Å²) in [4.78, 5) is 25.3. The standard InChI is InChI=1S/C18H23NO3/c1-2-10-19(12-16(20)21)17(22)15-11-18(15)9-5-7-13-6-3-4-8-14(13)18/h3-4,6,8,15H,2,5,7,9-12H2,1H3,(H,20,21). The number of rotatable bonds is 5. The lowest BCUT2D eigenvalue weighted by atomic mass is 9.78. The summed E-state index contributed by atoms with van der Waals surface area (Å²) in [5, 5.41) is 9.03. The van der Waals surface area contributed by atoms with Crippen LogP contribution >= 0.6 is 0 Å². The Balaban J connectivity index is 1.81. The topological polar surface area (TPSA) is 57.6 Å². The van der Waals surface area contributed by atoms with Crippen molar-refractivity contribution in [3.05, 3.63) is 35.4 Å². The van der Waals surface area contributed by atoms with Crippen LogP contribution < -0.4 is 0 Å². The molecule has 3 rings (SSSR count). The number of nitrogens with zero attached hydrogens (tertiary/aromatic N) is 1. The van der Waals surface area contributed by atoms with Crippen molar-refractivity contribution >= 4 is 11.9 Å². The summed E-state index contributed by atoms with van der Waals surface area (Å²) in [6, 6.07) is 8.43. The lowest BCUT2D eigenvalue weighted by Gasteiger charge is -2.28. The number of hydrogen-bond acceptors (Lipinski definition) is 2. The van der Waals surface area contributed by atoms with Crippen molar-refractivity contribution in [2.45, 2.75) is 44.4 Å². The summed E-state index contributed by atoms with van der Waals surface area (Å²) in [7, 11) is 0. The van der Waals surface area contributed by atoms with Crippen LogP contribution in [0.4, 0.5) is 0 Å². The summed E-state index contributed by atoms with van der Waals surface area (Å²) in [5.41, 5.74) is 2.67. The molecule has 1 amide bonds. The summed E-state index contributed by atoms with van der Waals surface area (Å²) in [6.45, 7) is 2.32. The molecule has 4 nitrogen and oxygen atoms in total. The van der Waals surface area contributed by atoms with E-state index in [1.54, 1.807) is 0 Å². The summed E-state index contributed by atoms with van der Waals surface area (Å²) < 4.78 is 0. The van der Waals surface area contributed by atoms with E-state index < -0.39 is 5.97 Å². The molecular formula is C18H23NO3. The zero-order valence-electron chi connectivity index (χ0n) is 13.0. The highest BCUT2D eigenvalue weighted by atomic mass is 16.4. The fourth-order valence-electron chi connectivity index (χ4n) is 4.08. The van der Waals surface area contributed by atoms with Gasteiger partial charge in [-0.05, 0) is 43.2 Å². The third-order valence-corrected chi connectivity index (χ3v) is 5.13. The number of carboxylic acids is 1.